The average Bonchev–Trinajstić information content (AvgIpc) is 3.30. The number of rotatable bonds is 47. The Hall–Kier alpha value is -3.07. The molecule has 0 rings (SSSR count). The van der Waals surface area contributed by atoms with E-state index in [-0.39, 0.29) is 38.6 Å². The van der Waals surface area contributed by atoms with E-state index in [1.165, 1.54) is 64.2 Å². The summed E-state index contributed by atoms with van der Waals surface area (Å²) in [4.78, 5) is 35.0. The van der Waals surface area contributed by atoms with Crippen LogP contribution in [0.3, 0.4) is 0 Å². The summed E-state index contributed by atoms with van der Waals surface area (Å²) < 4.78 is 32.9. The molecule has 0 aliphatic heterocycles. The Morgan fingerprint density at radius 3 is 1.26 bits per heavy atom. The molecule has 372 valence electrons. The second-order valence-corrected chi connectivity index (χ2v) is 18.1. The molecule has 0 aromatic rings. The van der Waals surface area contributed by atoms with Crippen LogP contribution in [0.25, 0.3) is 0 Å². The Morgan fingerprint density at radius 2 is 0.846 bits per heavy atom. The fourth-order valence-electron chi connectivity index (χ4n) is 6.71. The zero-order chi connectivity index (χ0) is 47.4. The Kier molecular flexibility index (Phi) is 48.0. The summed E-state index contributed by atoms with van der Waals surface area (Å²) in [6, 6.07) is 0. The smallest absolute Gasteiger partial charge is 0.462 e. The van der Waals surface area contributed by atoms with Crippen LogP contribution in [-0.4, -0.2) is 49.3 Å². The van der Waals surface area contributed by atoms with Gasteiger partial charge >= 0.3 is 19.8 Å². The standard InChI is InChI=1S/C55H94NO8P/c1-3-5-7-9-11-13-15-17-18-19-20-21-22-23-24-25-26-27-28-29-30-31-32-33-34-36-38-40-42-44-46-48-55(58)64-53(52-63-65(59,60)62-50-49-56)51-61-54(57)47-45-43-41-39-37-35-16-14-12-10-8-6-4-2/h5,7,11,13,17-18,20-21,23-24,26-27,29-30,32-33,53H,3-4,6,8-10,12,14-16,19,22,25,28,31,34-52,56H2,1-2H3,(H,59,60)/b7-5-,13-11-,18-17-,21-20-,24-23-,27-26-,30-29-,33-32-. The minimum Gasteiger partial charge on any atom is -0.462 e. The Bertz CT molecular complexity index is 1380. The SMILES string of the molecule is CC/C=C\C/C=C\C/C=C\C/C=C\C/C=C\C/C=C\C/C=C\C/C=C\CCCCCCCCC(=O)OC(COC(=O)CCCCCCCCCCCCCCC)COP(=O)(O)OCCN. The molecule has 0 aliphatic rings. The third-order valence-corrected chi connectivity index (χ3v) is 11.5. The third-order valence-electron chi connectivity index (χ3n) is 10.5. The molecule has 2 unspecified atom stereocenters. The van der Waals surface area contributed by atoms with E-state index in [1.807, 2.05) is 0 Å². The summed E-state index contributed by atoms with van der Waals surface area (Å²) in [7, 11) is -4.39. The number of unbranched alkanes of at least 4 members (excludes halogenated alkanes) is 18. The van der Waals surface area contributed by atoms with Crippen molar-refractivity contribution in [3.05, 3.63) is 97.2 Å². The molecular formula is C55H94NO8P. The number of phosphoric acid groups is 1. The van der Waals surface area contributed by atoms with E-state index in [1.54, 1.807) is 0 Å². The molecule has 0 bridgehead atoms. The highest BCUT2D eigenvalue weighted by Gasteiger charge is 2.26. The van der Waals surface area contributed by atoms with E-state index in [0.717, 1.165) is 109 Å². The maximum Gasteiger partial charge on any atom is 0.472 e. The summed E-state index contributed by atoms with van der Waals surface area (Å²) in [6.07, 6.45) is 65.9. The van der Waals surface area contributed by atoms with Gasteiger partial charge in [0.25, 0.3) is 0 Å². The molecule has 0 saturated carbocycles. The van der Waals surface area contributed by atoms with Gasteiger partial charge in [0.1, 0.15) is 6.61 Å². The topological polar surface area (TPSA) is 134 Å². The van der Waals surface area contributed by atoms with Gasteiger partial charge in [0.2, 0.25) is 0 Å². The van der Waals surface area contributed by atoms with Crippen molar-refractivity contribution in [3.8, 4) is 0 Å². The van der Waals surface area contributed by atoms with E-state index >= 15 is 0 Å². The molecule has 0 aromatic carbocycles. The van der Waals surface area contributed by atoms with Crippen molar-refractivity contribution in [2.75, 3.05) is 26.4 Å². The molecule has 0 spiro atoms. The van der Waals surface area contributed by atoms with Gasteiger partial charge < -0.3 is 20.1 Å². The van der Waals surface area contributed by atoms with E-state index in [9.17, 15) is 19.0 Å². The lowest BCUT2D eigenvalue weighted by Crippen LogP contribution is -2.29. The molecule has 2 atom stereocenters. The van der Waals surface area contributed by atoms with Crippen molar-refractivity contribution in [2.45, 2.75) is 213 Å². The number of hydrogen-bond acceptors (Lipinski definition) is 8. The maximum absolute atomic E-state index is 12.6. The van der Waals surface area contributed by atoms with Crippen LogP contribution in [0.15, 0.2) is 97.2 Å². The van der Waals surface area contributed by atoms with Gasteiger partial charge in [0.05, 0.1) is 13.2 Å². The second kappa shape index (κ2) is 50.3. The van der Waals surface area contributed by atoms with Crippen molar-refractivity contribution in [3.63, 3.8) is 0 Å². The minimum atomic E-state index is -4.39. The number of carbonyl (C=O) groups is 2. The molecule has 0 amide bonds. The van der Waals surface area contributed by atoms with Crippen LogP contribution in [0.2, 0.25) is 0 Å². The van der Waals surface area contributed by atoms with E-state index < -0.39 is 26.5 Å². The molecule has 0 saturated heterocycles. The van der Waals surface area contributed by atoms with Gasteiger partial charge in [-0.3, -0.25) is 18.6 Å². The average molecular weight is 928 g/mol. The lowest BCUT2D eigenvalue weighted by atomic mass is 10.0. The molecule has 9 nitrogen and oxygen atoms in total. The first-order chi connectivity index (χ1) is 31.8. The van der Waals surface area contributed by atoms with Crippen LogP contribution in [0.5, 0.6) is 0 Å². The first kappa shape index (κ1) is 61.9. The fourth-order valence-corrected chi connectivity index (χ4v) is 7.47. The van der Waals surface area contributed by atoms with Crippen LogP contribution in [0, 0.1) is 0 Å². The van der Waals surface area contributed by atoms with Crippen molar-refractivity contribution >= 4 is 19.8 Å². The molecule has 10 heteroatoms. The predicted molar refractivity (Wildman–Crippen MR) is 275 cm³/mol. The van der Waals surface area contributed by atoms with E-state index in [0.29, 0.717) is 6.42 Å². The number of phosphoric ester groups is 1. The third kappa shape index (κ3) is 50.2. The van der Waals surface area contributed by atoms with Gasteiger partial charge in [-0.2, -0.15) is 0 Å². The minimum absolute atomic E-state index is 0.0469. The summed E-state index contributed by atoms with van der Waals surface area (Å²) in [6.45, 7) is 3.60. The highest BCUT2D eigenvalue weighted by molar-refractivity contribution is 7.47. The molecule has 0 aromatic heterocycles. The Labute approximate surface area is 397 Å². The maximum atomic E-state index is 12.6. The first-order valence-electron chi connectivity index (χ1n) is 25.7. The quantitative estimate of drug-likeness (QED) is 0.0265. The van der Waals surface area contributed by atoms with Gasteiger partial charge in [-0.1, -0.05) is 214 Å². The van der Waals surface area contributed by atoms with E-state index in [2.05, 4.69) is 111 Å². The number of allylic oxidation sites excluding steroid dienone is 16. The fraction of sp³-hybridized carbons (Fsp3) is 0.673. The van der Waals surface area contributed by atoms with Crippen molar-refractivity contribution in [2.24, 2.45) is 5.73 Å². The lowest BCUT2D eigenvalue weighted by molar-refractivity contribution is -0.161. The number of hydrogen-bond donors (Lipinski definition) is 2. The summed E-state index contributed by atoms with van der Waals surface area (Å²) >= 11 is 0. The number of esters is 2. The monoisotopic (exact) mass is 928 g/mol. The summed E-state index contributed by atoms with van der Waals surface area (Å²) in [5.74, 6) is -0.848. The molecule has 65 heavy (non-hydrogen) atoms. The number of nitrogens with two attached hydrogens (primary N) is 1. The molecule has 0 radical (unpaired) electrons. The van der Waals surface area contributed by atoms with Crippen LogP contribution in [0.4, 0.5) is 0 Å². The number of carbonyl (C=O) groups excluding carboxylic acids is 2. The molecule has 0 fully saturated rings. The van der Waals surface area contributed by atoms with E-state index in [4.69, 9.17) is 24.3 Å². The largest absolute Gasteiger partial charge is 0.472 e. The molecular weight excluding hydrogens is 834 g/mol. The summed E-state index contributed by atoms with van der Waals surface area (Å²) in [5, 5.41) is 0. The van der Waals surface area contributed by atoms with Crippen LogP contribution in [-0.2, 0) is 32.7 Å². The van der Waals surface area contributed by atoms with Crippen molar-refractivity contribution in [1.82, 2.24) is 0 Å². The molecule has 0 aliphatic carbocycles. The highest BCUT2D eigenvalue weighted by atomic mass is 31.2. The highest BCUT2D eigenvalue weighted by Crippen LogP contribution is 2.43. The first-order valence-corrected chi connectivity index (χ1v) is 27.2. The van der Waals surface area contributed by atoms with Gasteiger partial charge in [0.15, 0.2) is 6.10 Å². The summed E-state index contributed by atoms with van der Waals surface area (Å²) in [5.41, 5.74) is 5.36. The van der Waals surface area contributed by atoms with Gasteiger partial charge in [-0.15, -0.1) is 0 Å². The zero-order valence-corrected chi connectivity index (χ0v) is 42.1. The normalized spacial score (nSPS) is 14.0. The Balaban J connectivity index is 4.08. The number of ether oxygens (including phenoxy) is 2. The second-order valence-electron chi connectivity index (χ2n) is 16.7. The molecule has 3 N–H and O–H groups in total. The zero-order valence-electron chi connectivity index (χ0n) is 41.2. The van der Waals surface area contributed by atoms with Crippen molar-refractivity contribution < 1.29 is 37.6 Å². The predicted octanol–water partition coefficient (Wildman–Crippen LogP) is 15.7. The van der Waals surface area contributed by atoms with Crippen LogP contribution in [0.1, 0.15) is 206 Å². The van der Waals surface area contributed by atoms with Gasteiger partial charge in [-0.05, 0) is 77.0 Å². The molecule has 0 heterocycles. The Morgan fingerprint density at radius 1 is 0.477 bits per heavy atom. The van der Waals surface area contributed by atoms with Crippen molar-refractivity contribution in [1.29, 1.82) is 0 Å². The van der Waals surface area contributed by atoms with Gasteiger partial charge in [-0.25, -0.2) is 4.57 Å². The van der Waals surface area contributed by atoms with Crippen LogP contribution < -0.4 is 5.73 Å². The lowest BCUT2D eigenvalue weighted by Gasteiger charge is -2.19. The van der Waals surface area contributed by atoms with Crippen LogP contribution >= 0.6 is 7.82 Å². The van der Waals surface area contributed by atoms with Gasteiger partial charge in [0, 0.05) is 19.4 Å².